The Morgan fingerprint density at radius 2 is 2.05 bits per heavy atom. The van der Waals surface area contributed by atoms with Crippen molar-refractivity contribution >= 4 is 31.6 Å². The first-order chi connectivity index (χ1) is 9.86. The van der Waals surface area contributed by atoms with E-state index in [1.54, 1.807) is 0 Å². The number of rotatable bonds is 4. The Morgan fingerprint density at radius 1 is 1.38 bits per heavy atom. The van der Waals surface area contributed by atoms with Gasteiger partial charge in [0, 0.05) is 23.8 Å². The molecule has 1 aromatic carbocycles. The van der Waals surface area contributed by atoms with Gasteiger partial charge >= 0.3 is 6.09 Å². The number of carbonyl (C=O) groups is 1. The Hall–Kier alpha value is -2.06. The van der Waals surface area contributed by atoms with Crippen LogP contribution in [0.25, 0.3) is 0 Å². The highest BCUT2D eigenvalue weighted by Crippen LogP contribution is 2.18. The SMILES string of the molecule is Cn1nc(NC(=O)OCc2ccccc2)cc1S(=O)(=O)Cl. The van der Waals surface area contributed by atoms with E-state index in [2.05, 4.69) is 10.4 Å². The summed E-state index contributed by atoms with van der Waals surface area (Å²) in [5.41, 5.74) is 0.831. The van der Waals surface area contributed by atoms with Crippen LogP contribution < -0.4 is 5.32 Å². The van der Waals surface area contributed by atoms with E-state index in [-0.39, 0.29) is 17.5 Å². The zero-order valence-corrected chi connectivity index (χ0v) is 12.6. The lowest BCUT2D eigenvalue weighted by Gasteiger charge is -2.04. The van der Waals surface area contributed by atoms with E-state index >= 15 is 0 Å². The Balaban J connectivity index is 1.97. The fourth-order valence-electron chi connectivity index (χ4n) is 1.60. The monoisotopic (exact) mass is 329 g/mol. The van der Waals surface area contributed by atoms with Crippen LogP contribution in [0.4, 0.5) is 10.6 Å². The second kappa shape index (κ2) is 6.15. The van der Waals surface area contributed by atoms with Crippen LogP contribution in [0.2, 0.25) is 0 Å². The van der Waals surface area contributed by atoms with Crippen molar-refractivity contribution in [1.29, 1.82) is 0 Å². The summed E-state index contributed by atoms with van der Waals surface area (Å²) in [6.07, 6.45) is -0.740. The van der Waals surface area contributed by atoms with Gasteiger partial charge < -0.3 is 4.74 Å². The highest BCUT2D eigenvalue weighted by Gasteiger charge is 2.18. The summed E-state index contributed by atoms with van der Waals surface area (Å²) < 4.78 is 28.5. The summed E-state index contributed by atoms with van der Waals surface area (Å²) in [6.45, 7) is 0.0974. The molecule has 9 heteroatoms. The van der Waals surface area contributed by atoms with Crippen LogP contribution >= 0.6 is 10.7 Å². The molecule has 2 rings (SSSR count). The van der Waals surface area contributed by atoms with Crippen molar-refractivity contribution in [2.24, 2.45) is 7.05 Å². The van der Waals surface area contributed by atoms with Crippen LogP contribution in [0.15, 0.2) is 41.4 Å². The van der Waals surface area contributed by atoms with E-state index < -0.39 is 15.1 Å². The third-order valence-corrected chi connectivity index (χ3v) is 3.89. The average Bonchev–Trinajstić information content (AvgIpc) is 2.78. The van der Waals surface area contributed by atoms with Crippen molar-refractivity contribution < 1.29 is 17.9 Å². The summed E-state index contributed by atoms with van der Waals surface area (Å²) >= 11 is 0. The van der Waals surface area contributed by atoms with E-state index in [1.165, 1.54) is 7.05 Å². The summed E-state index contributed by atoms with van der Waals surface area (Å²) in [5, 5.41) is 5.92. The minimum Gasteiger partial charge on any atom is -0.444 e. The summed E-state index contributed by atoms with van der Waals surface area (Å²) in [5.74, 6) is 0.0368. The molecule has 112 valence electrons. The van der Waals surface area contributed by atoms with Gasteiger partial charge in [0.2, 0.25) is 0 Å². The Morgan fingerprint density at radius 3 is 2.62 bits per heavy atom. The number of hydrogen-bond acceptors (Lipinski definition) is 5. The molecular weight excluding hydrogens is 318 g/mol. The first kappa shape index (κ1) is 15.3. The first-order valence-electron chi connectivity index (χ1n) is 5.82. The number of nitrogens with one attached hydrogen (secondary N) is 1. The molecule has 0 atom stereocenters. The van der Waals surface area contributed by atoms with Crippen molar-refractivity contribution in [3.8, 4) is 0 Å². The summed E-state index contributed by atoms with van der Waals surface area (Å²) in [7, 11) is 2.70. The van der Waals surface area contributed by atoms with E-state index in [4.69, 9.17) is 15.4 Å². The smallest absolute Gasteiger partial charge is 0.413 e. The van der Waals surface area contributed by atoms with E-state index in [1.807, 2.05) is 30.3 Å². The largest absolute Gasteiger partial charge is 0.444 e. The molecule has 1 N–H and O–H groups in total. The maximum absolute atomic E-state index is 11.6. The van der Waals surface area contributed by atoms with Gasteiger partial charge in [-0.05, 0) is 5.56 Å². The first-order valence-corrected chi connectivity index (χ1v) is 8.13. The summed E-state index contributed by atoms with van der Waals surface area (Å²) in [6, 6.07) is 10.3. The number of benzene rings is 1. The van der Waals surface area contributed by atoms with Crippen molar-refractivity contribution in [3.63, 3.8) is 0 Å². The van der Waals surface area contributed by atoms with Gasteiger partial charge in [-0.1, -0.05) is 30.3 Å². The van der Waals surface area contributed by atoms with Gasteiger partial charge in [-0.25, -0.2) is 13.2 Å². The van der Waals surface area contributed by atoms with Crippen molar-refractivity contribution in [2.75, 3.05) is 5.32 Å². The second-order valence-electron chi connectivity index (χ2n) is 4.12. The van der Waals surface area contributed by atoms with Gasteiger partial charge in [-0.3, -0.25) is 10.00 Å². The minimum atomic E-state index is -3.92. The molecule has 1 aromatic heterocycles. The van der Waals surface area contributed by atoms with Crippen LogP contribution in [0, 0.1) is 0 Å². The van der Waals surface area contributed by atoms with Gasteiger partial charge in [-0.15, -0.1) is 0 Å². The molecule has 0 spiro atoms. The fraction of sp³-hybridized carbons (Fsp3) is 0.167. The lowest BCUT2D eigenvalue weighted by molar-refractivity contribution is 0.155. The fourth-order valence-corrected chi connectivity index (χ4v) is 2.65. The van der Waals surface area contributed by atoms with E-state index in [0.717, 1.165) is 16.3 Å². The van der Waals surface area contributed by atoms with E-state index in [0.29, 0.717) is 0 Å². The molecule has 21 heavy (non-hydrogen) atoms. The van der Waals surface area contributed by atoms with E-state index in [9.17, 15) is 13.2 Å². The van der Waals surface area contributed by atoms with Gasteiger partial charge in [-0.2, -0.15) is 5.10 Å². The molecule has 1 heterocycles. The highest BCUT2D eigenvalue weighted by molar-refractivity contribution is 8.13. The van der Waals surface area contributed by atoms with Crippen LogP contribution in [-0.4, -0.2) is 24.3 Å². The van der Waals surface area contributed by atoms with Crippen molar-refractivity contribution in [1.82, 2.24) is 9.78 Å². The Labute approximate surface area is 125 Å². The molecular formula is C12H12ClN3O4S. The zero-order valence-electron chi connectivity index (χ0n) is 11.0. The number of aromatic nitrogens is 2. The predicted octanol–water partition coefficient (Wildman–Crippen LogP) is 2.10. The maximum Gasteiger partial charge on any atom is 0.413 e. The molecule has 0 aliphatic rings. The Kier molecular flexibility index (Phi) is 4.49. The molecule has 2 aromatic rings. The average molecular weight is 330 g/mol. The van der Waals surface area contributed by atoms with Crippen LogP contribution in [0.3, 0.4) is 0 Å². The lowest BCUT2D eigenvalue weighted by Crippen LogP contribution is -2.14. The number of halogens is 1. The van der Waals surface area contributed by atoms with Crippen molar-refractivity contribution in [3.05, 3.63) is 42.0 Å². The number of anilines is 1. The molecule has 0 saturated heterocycles. The van der Waals surface area contributed by atoms with Crippen LogP contribution in [-0.2, 0) is 27.4 Å². The molecule has 0 aliphatic heterocycles. The molecule has 0 fully saturated rings. The number of carbonyl (C=O) groups excluding carboxylic acids is 1. The predicted molar refractivity (Wildman–Crippen MR) is 76.5 cm³/mol. The number of ether oxygens (including phenoxy) is 1. The van der Waals surface area contributed by atoms with Gasteiger partial charge in [0.25, 0.3) is 9.05 Å². The van der Waals surface area contributed by atoms with Crippen LogP contribution in [0.5, 0.6) is 0 Å². The molecule has 7 nitrogen and oxygen atoms in total. The zero-order chi connectivity index (χ0) is 15.5. The number of aryl methyl sites for hydroxylation is 1. The molecule has 1 amide bonds. The number of nitrogens with zero attached hydrogens (tertiary/aromatic N) is 2. The quantitative estimate of drug-likeness (QED) is 0.867. The molecule has 0 saturated carbocycles. The molecule has 0 radical (unpaired) electrons. The maximum atomic E-state index is 11.6. The normalized spacial score (nSPS) is 11.1. The van der Waals surface area contributed by atoms with Gasteiger partial charge in [0.05, 0.1) is 0 Å². The minimum absolute atomic E-state index is 0.0368. The lowest BCUT2D eigenvalue weighted by atomic mass is 10.2. The second-order valence-corrected chi connectivity index (χ2v) is 6.63. The van der Waals surface area contributed by atoms with Gasteiger partial charge in [0.15, 0.2) is 10.8 Å². The third kappa shape index (κ3) is 4.20. The number of amides is 1. The van der Waals surface area contributed by atoms with Crippen LogP contribution in [0.1, 0.15) is 5.56 Å². The van der Waals surface area contributed by atoms with Gasteiger partial charge in [0.1, 0.15) is 6.61 Å². The standard InChI is InChI=1S/C12H12ClN3O4S/c1-16-11(21(13,18)19)7-10(15-16)14-12(17)20-8-9-5-3-2-4-6-9/h2-7H,8H2,1H3,(H,14,15,17). The topological polar surface area (TPSA) is 90.3 Å². The summed E-state index contributed by atoms with van der Waals surface area (Å²) in [4.78, 5) is 11.6. The molecule has 0 aliphatic carbocycles. The molecule has 0 unspecified atom stereocenters. The highest BCUT2D eigenvalue weighted by atomic mass is 35.7. The molecule has 0 bridgehead atoms. The third-order valence-electron chi connectivity index (χ3n) is 2.53. The number of hydrogen-bond donors (Lipinski definition) is 1. The Bertz CT molecular complexity index is 743. The van der Waals surface area contributed by atoms with Crippen molar-refractivity contribution in [2.45, 2.75) is 11.6 Å².